The number of halogens is 1. The van der Waals surface area contributed by atoms with Crippen molar-refractivity contribution in [1.29, 1.82) is 0 Å². The van der Waals surface area contributed by atoms with Gasteiger partial charge >= 0.3 is 0 Å². The second-order valence-electron chi connectivity index (χ2n) is 3.10. The lowest BCUT2D eigenvalue weighted by molar-refractivity contribution is 0.615. The number of hydrogen-bond donors (Lipinski definition) is 0. The highest BCUT2D eigenvalue weighted by atomic mass is 19.1. The molecule has 2 aromatic rings. The Hall–Kier alpha value is -1.97. The van der Waals surface area contributed by atoms with Crippen molar-refractivity contribution in [3.8, 4) is 5.69 Å². The van der Waals surface area contributed by atoms with E-state index in [2.05, 4.69) is 11.2 Å². The zero-order chi connectivity index (χ0) is 10.8. The second-order valence-corrected chi connectivity index (χ2v) is 3.10. The average Bonchev–Trinajstić information content (AvgIpc) is 2.23. The summed E-state index contributed by atoms with van der Waals surface area (Å²) in [5.74, 6) is -0.398. The van der Waals surface area contributed by atoms with Crippen molar-refractivity contribution in [2.45, 2.75) is 6.92 Å². The maximum Gasteiger partial charge on any atom is 0.271 e. The van der Waals surface area contributed by atoms with E-state index in [1.807, 2.05) is 0 Å². The lowest BCUT2D eigenvalue weighted by atomic mass is 10.2. The van der Waals surface area contributed by atoms with E-state index in [0.29, 0.717) is 11.3 Å². The quantitative estimate of drug-likeness (QED) is 0.703. The number of hydrogen-bond acceptors (Lipinski definition) is 2. The average molecular weight is 203 g/mol. The van der Waals surface area contributed by atoms with E-state index in [0.717, 1.165) is 4.68 Å². The minimum atomic E-state index is -0.398. The molecule has 0 atom stereocenters. The first-order valence-corrected chi connectivity index (χ1v) is 4.41. The number of aromatic nitrogens is 2. The molecule has 75 valence electrons. The molecule has 0 aliphatic heterocycles. The smallest absolute Gasteiger partial charge is 0.267 e. The third kappa shape index (κ3) is 1.79. The van der Waals surface area contributed by atoms with Crippen LogP contribution in [0.15, 0.2) is 35.3 Å². The van der Waals surface area contributed by atoms with Gasteiger partial charge in [0.2, 0.25) is 0 Å². The Morgan fingerprint density at radius 3 is 3.00 bits per heavy atom. The van der Waals surface area contributed by atoms with Crippen LogP contribution in [0.2, 0.25) is 0 Å². The van der Waals surface area contributed by atoms with Crippen LogP contribution in [0.3, 0.4) is 0 Å². The van der Waals surface area contributed by atoms with E-state index in [4.69, 9.17) is 0 Å². The monoisotopic (exact) mass is 203 g/mol. The zero-order valence-corrected chi connectivity index (χ0v) is 8.07. The molecule has 15 heavy (non-hydrogen) atoms. The van der Waals surface area contributed by atoms with Crippen LogP contribution in [-0.4, -0.2) is 9.78 Å². The summed E-state index contributed by atoms with van der Waals surface area (Å²) in [6, 6.07) is 8.42. The van der Waals surface area contributed by atoms with E-state index in [-0.39, 0.29) is 5.56 Å². The fourth-order valence-corrected chi connectivity index (χ4v) is 1.21. The minimum Gasteiger partial charge on any atom is -0.267 e. The molecular formula is C11H8FN2O. The van der Waals surface area contributed by atoms with Gasteiger partial charge in [0, 0.05) is 12.3 Å². The van der Waals surface area contributed by atoms with E-state index in [1.54, 1.807) is 6.92 Å². The Morgan fingerprint density at radius 1 is 1.53 bits per heavy atom. The first-order chi connectivity index (χ1) is 7.18. The highest BCUT2D eigenvalue weighted by Gasteiger charge is 2.03. The first-order valence-electron chi connectivity index (χ1n) is 4.41. The Labute approximate surface area is 85.8 Å². The molecule has 0 amide bonds. The normalized spacial score (nSPS) is 10.3. The number of nitrogens with zero attached hydrogens (tertiary/aromatic N) is 2. The third-order valence-corrected chi connectivity index (χ3v) is 2.03. The lowest BCUT2D eigenvalue weighted by Gasteiger charge is -2.03. The number of aryl methyl sites for hydroxylation is 1. The van der Waals surface area contributed by atoms with Crippen molar-refractivity contribution in [3.63, 3.8) is 0 Å². The summed E-state index contributed by atoms with van der Waals surface area (Å²) < 4.78 is 14.3. The molecule has 0 saturated heterocycles. The molecule has 3 nitrogen and oxygen atoms in total. The summed E-state index contributed by atoms with van der Waals surface area (Å²) in [6.45, 7) is 1.61. The van der Waals surface area contributed by atoms with Gasteiger partial charge < -0.3 is 0 Å². The predicted octanol–water partition coefficient (Wildman–Crippen LogP) is 1.48. The molecule has 0 N–H and O–H groups in total. The highest BCUT2D eigenvalue weighted by molar-refractivity contribution is 5.33. The van der Waals surface area contributed by atoms with Crippen LogP contribution in [0.25, 0.3) is 5.69 Å². The van der Waals surface area contributed by atoms with E-state index in [1.165, 1.54) is 30.5 Å². The maximum atomic E-state index is 13.2. The van der Waals surface area contributed by atoms with Crippen LogP contribution in [0.4, 0.5) is 4.39 Å². The van der Waals surface area contributed by atoms with Gasteiger partial charge in [0.05, 0.1) is 5.69 Å². The Kier molecular flexibility index (Phi) is 2.33. The summed E-state index contributed by atoms with van der Waals surface area (Å²) >= 11 is 0. The molecule has 1 aromatic carbocycles. The van der Waals surface area contributed by atoms with Crippen LogP contribution >= 0.6 is 0 Å². The van der Waals surface area contributed by atoms with Gasteiger partial charge in [-0.25, -0.2) is 4.39 Å². The number of rotatable bonds is 1. The Balaban J connectivity index is 2.60. The van der Waals surface area contributed by atoms with Crippen molar-refractivity contribution in [2.24, 2.45) is 0 Å². The van der Waals surface area contributed by atoms with Gasteiger partial charge in [-0.15, -0.1) is 0 Å². The van der Waals surface area contributed by atoms with Gasteiger partial charge in [-0.05, 0) is 36.8 Å². The minimum absolute atomic E-state index is 0.297. The van der Waals surface area contributed by atoms with Crippen LogP contribution < -0.4 is 5.56 Å². The fraction of sp³-hybridized carbons (Fsp3) is 0.0909. The molecule has 0 spiro atoms. The van der Waals surface area contributed by atoms with E-state index < -0.39 is 5.82 Å². The summed E-state index contributed by atoms with van der Waals surface area (Å²) in [5, 5.41) is 3.84. The second kappa shape index (κ2) is 3.65. The predicted molar refractivity (Wildman–Crippen MR) is 53.4 cm³/mol. The molecule has 0 saturated carbocycles. The van der Waals surface area contributed by atoms with Crippen molar-refractivity contribution in [1.82, 2.24) is 9.78 Å². The van der Waals surface area contributed by atoms with Gasteiger partial charge in [-0.1, -0.05) is 0 Å². The summed E-state index contributed by atoms with van der Waals surface area (Å²) in [5.41, 5.74) is 0.501. The van der Waals surface area contributed by atoms with E-state index >= 15 is 0 Å². The molecule has 0 aliphatic carbocycles. The maximum absolute atomic E-state index is 13.2. The molecule has 4 heteroatoms. The van der Waals surface area contributed by atoms with Crippen molar-refractivity contribution < 1.29 is 4.39 Å². The molecule has 0 fully saturated rings. The lowest BCUT2D eigenvalue weighted by Crippen LogP contribution is -2.19. The zero-order valence-electron chi connectivity index (χ0n) is 8.07. The van der Waals surface area contributed by atoms with Crippen LogP contribution in [0, 0.1) is 18.8 Å². The first kappa shape index (κ1) is 9.58. The largest absolute Gasteiger partial charge is 0.271 e. The van der Waals surface area contributed by atoms with Crippen molar-refractivity contribution in [2.75, 3.05) is 0 Å². The Bertz CT molecular complexity index is 548. The van der Waals surface area contributed by atoms with Crippen LogP contribution in [0.1, 0.15) is 5.56 Å². The van der Waals surface area contributed by atoms with Gasteiger partial charge in [0.25, 0.3) is 5.56 Å². The summed E-state index contributed by atoms with van der Waals surface area (Å²) in [6.07, 6.45) is 1.47. The van der Waals surface area contributed by atoms with E-state index in [9.17, 15) is 9.18 Å². The number of benzene rings is 1. The van der Waals surface area contributed by atoms with Gasteiger partial charge in [-0.3, -0.25) is 4.79 Å². The third-order valence-electron chi connectivity index (χ3n) is 2.03. The molecule has 1 heterocycles. The van der Waals surface area contributed by atoms with Gasteiger partial charge in [-0.2, -0.15) is 9.78 Å². The highest BCUT2D eigenvalue weighted by Crippen LogP contribution is 2.09. The molecule has 0 unspecified atom stereocenters. The molecule has 1 radical (unpaired) electrons. The molecule has 1 aromatic heterocycles. The topological polar surface area (TPSA) is 34.9 Å². The molecular weight excluding hydrogens is 195 g/mol. The molecule has 0 aliphatic rings. The molecule has 2 rings (SSSR count). The van der Waals surface area contributed by atoms with Crippen LogP contribution in [0.5, 0.6) is 0 Å². The van der Waals surface area contributed by atoms with Crippen molar-refractivity contribution in [3.05, 3.63) is 58.3 Å². The van der Waals surface area contributed by atoms with Crippen molar-refractivity contribution >= 4 is 0 Å². The summed E-state index contributed by atoms with van der Waals surface area (Å²) in [7, 11) is 0. The van der Waals surface area contributed by atoms with Crippen LogP contribution in [-0.2, 0) is 0 Å². The van der Waals surface area contributed by atoms with Gasteiger partial charge in [0.15, 0.2) is 0 Å². The fourth-order valence-electron chi connectivity index (χ4n) is 1.21. The SMILES string of the molecule is Cc1[c]cc(-n2ncccc2=O)cc1F. The Morgan fingerprint density at radius 2 is 2.33 bits per heavy atom. The van der Waals surface area contributed by atoms with Gasteiger partial charge in [0.1, 0.15) is 5.82 Å². The molecule has 0 bridgehead atoms. The summed E-state index contributed by atoms with van der Waals surface area (Å²) in [4.78, 5) is 11.4. The standard InChI is InChI=1S/C11H8FN2O/c1-8-4-5-9(7-10(8)12)14-11(15)3-2-6-13-14/h2-3,5-7H,1H3.